The largest absolute Gasteiger partial charge is 0.349 e. The van der Waals surface area contributed by atoms with Crippen LogP contribution in [-0.4, -0.2) is 54.2 Å². The first-order valence-electron chi connectivity index (χ1n) is 14.8. The molecule has 4 N–H and O–H groups in total. The summed E-state index contributed by atoms with van der Waals surface area (Å²) in [7, 11) is 0. The van der Waals surface area contributed by atoms with Gasteiger partial charge in [0.05, 0.1) is 28.0 Å². The van der Waals surface area contributed by atoms with Gasteiger partial charge in [0.15, 0.2) is 0 Å². The Balaban J connectivity index is 1.10. The van der Waals surface area contributed by atoms with E-state index in [2.05, 4.69) is 21.3 Å². The fourth-order valence-corrected chi connectivity index (χ4v) is 5.90. The zero-order valence-electron chi connectivity index (χ0n) is 24.2. The molecule has 11 heteroatoms. The van der Waals surface area contributed by atoms with E-state index in [9.17, 15) is 19.2 Å². The molecule has 4 amide bonds. The third-order valence-electron chi connectivity index (χ3n) is 8.04. The van der Waals surface area contributed by atoms with E-state index in [-0.39, 0.29) is 42.1 Å². The van der Waals surface area contributed by atoms with Gasteiger partial charge in [-0.2, -0.15) is 0 Å². The van der Waals surface area contributed by atoms with Gasteiger partial charge in [0.1, 0.15) is 0 Å². The molecule has 2 fully saturated rings. The van der Waals surface area contributed by atoms with E-state index < -0.39 is 0 Å². The van der Waals surface area contributed by atoms with Crippen LogP contribution in [0.1, 0.15) is 59.2 Å². The number of likely N-dealkylation sites (tertiary alicyclic amines) is 1. The second-order valence-corrected chi connectivity index (χ2v) is 12.1. The molecule has 0 unspecified atom stereocenters. The average molecular weight is 637 g/mol. The predicted octanol–water partition coefficient (Wildman–Crippen LogP) is 6.21. The maximum absolute atomic E-state index is 13.1. The molecule has 1 aliphatic heterocycles. The van der Waals surface area contributed by atoms with Gasteiger partial charge in [0.25, 0.3) is 11.8 Å². The minimum atomic E-state index is -0.310. The van der Waals surface area contributed by atoms with Gasteiger partial charge in [0, 0.05) is 28.8 Å². The van der Waals surface area contributed by atoms with Crippen molar-refractivity contribution in [2.24, 2.45) is 5.92 Å². The highest BCUT2D eigenvalue weighted by atomic mass is 35.5. The van der Waals surface area contributed by atoms with Gasteiger partial charge in [-0.15, -0.1) is 0 Å². The Morgan fingerprint density at radius 2 is 1.30 bits per heavy atom. The van der Waals surface area contributed by atoms with Crippen LogP contribution in [0.5, 0.6) is 0 Å². The van der Waals surface area contributed by atoms with Crippen LogP contribution in [0.25, 0.3) is 0 Å². The van der Waals surface area contributed by atoms with Gasteiger partial charge in [0.2, 0.25) is 11.8 Å². The highest BCUT2D eigenvalue weighted by molar-refractivity contribution is 6.34. The van der Waals surface area contributed by atoms with Crippen LogP contribution in [0.3, 0.4) is 0 Å². The van der Waals surface area contributed by atoms with E-state index in [0.29, 0.717) is 64.2 Å². The number of carbonyl (C=O) groups excluding carboxylic acids is 4. The number of rotatable bonds is 9. The smallest absolute Gasteiger partial charge is 0.255 e. The molecule has 1 aliphatic carbocycles. The fraction of sp³-hybridized carbons (Fsp3) is 0.333. The van der Waals surface area contributed by atoms with Gasteiger partial charge in [-0.25, -0.2) is 0 Å². The maximum Gasteiger partial charge on any atom is 0.255 e. The van der Waals surface area contributed by atoms with E-state index in [1.54, 1.807) is 48.5 Å². The quantitative estimate of drug-likeness (QED) is 0.223. The molecule has 5 rings (SSSR count). The summed E-state index contributed by atoms with van der Waals surface area (Å²) in [5.74, 6) is -1.18. The SMILES string of the molecule is O=C(CN1CCC(C(=O)Nc2cc(C(=O)Nc3ccccc3)ccc2Cl)CC1)Nc1cc(C(=O)NC2CCCC2)ccc1Cl. The lowest BCUT2D eigenvalue weighted by molar-refractivity contribution is -0.121. The number of nitrogens with zero attached hydrogens (tertiary/aromatic N) is 1. The summed E-state index contributed by atoms with van der Waals surface area (Å²) in [6.45, 7) is 1.24. The van der Waals surface area contributed by atoms with Crippen molar-refractivity contribution in [2.75, 3.05) is 35.6 Å². The van der Waals surface area contributed by atoms with E-state index >= 15 is 0 Å². The summed E-state index contributed by atoms with van der Waals surface area (Å²) in [6, 6.07) is 18.9. The highest BCUT2D eigenvalue weighted by Gasteiger charge is 2.27. The molecule has 1 saturated carbocycles. The molecule has 1 heterocycles. The highest BCUT2D eigenvalue weighted by Crippen LogP contribution is 2.27. The summed E-state index contributed by atoms with van der Waals surface area (Å²) in [5.41, 5.74) is 2.24. The van der Waals surface area contributed by atoms with Crippen molar-refractivity contribution in [1.82, 2.24) is 10.2 Å². The first kappa shape index (κ1) is 31.5. The number of nitrogens with one attached hydrogen (secondary N) is 4. The molecule has 44 heavy (non-hydrogen) atoms. The molecular weight excluding hydrogens is 601 g/mol. The van der Waals surface area contributed by atoms with Crippen LogP contribution in [0, 0.1) is 5.92 Å². The molecule has 3 aromatic rings. The van der Waals surface area contributed by atoms with Gasteiger partial charge in [-0.3, -0.25) is 24.1 Å². The number of amides is 4. The number of carbonyl (C=O) groups is 4. The molecule has 0 spiro atoms. The van der Waals surface area contributed by atoms with Crippen molar-refractivity contribution in [1.29, 1.82) is 0 Å². The van der Waals surface area contributed by atoms with Crippen LogP contribution in [0.4, 0.5) is 17.1 Å². The van der Waals surface area contributed by atoms with Gasteiger partial charge >= 0.3 is 0 Å². The van der Waals surface area contributed by atoms with Crippen LogP contribution >= 0.6 is 23.2 Å². The predicted molar refractivity (Wildman–Crippen MR) is 173 cm³/mol. The second-order valence-electron chi connectivity index (χ2n) is 11.3. The summed E-state index contributed by atoms with van der Waals surface area (Å²) in [5, 5.41) is 12.3. The topological polar surface area (TPSA) is 120 Å². The molecule has 230 valence electrons. The Hall–Kier alpha value is -3.92. The molecule has 2 aliphatic rings. The van der Waals surface area contributed by atoms with Crippen LogP contribution in [-0.2, 0) is 9.59 Å². The fourth-order valence-electron chi connectivity index (χ4n) is 5.57. The van der Waals surface area contributed by atoms with Gasteiger partial charge < -0.3 is 21.3 Å². The lowest BCUT2D eigenvalue weighted by Gasteiger charge is -2.30. The molecule has 0 radical (unpaired) electrons. The number of halogens is 2. The third kappa shape index (κ3) is 8.37. The molecule has 0 bridgehead atoms. The minimum Gasteiger partial charge on any atom is -0.349 e. The summed E-state index contributed by atoms with van der Waals surface area (Å²) < 4.78 is 0. The zero-order chi connectivity index (χ0) is 31.1. The monoisotopic (exact) mass is 635 g/mol. The van der Waals surface area contributed by atoms with E-state index in [1.165, 1.54) is 0 Å². The Morgan fingerprint density at radius 3 is 1.93 bits per heavy atom. The Labute approximate surface area is 266 Å². The van der Waals surface area contributed by atoms with E-state index in [4.69, 9.17) is 23.2 Å². The Kier molecular flexibility index (Phi) is 10.5. The number of para-hydroxylation sites is 1. The van der Waals surface area contributed by atoms with Crippen molar-refractivity contribution in [3.8, 4) is 0 Å². The summed E-state index contributed by atoms with van der Waals surface area (Å²) in [6.07, 6.45) is 5.32. The minimum absolute atomic E-state index is 0.133. The second kappa shape index (κ2) is 14.7. The van der Waals surface area contributed by atoms with Crippen LogP contribution in [0.15, 0.2) is 66.7 Å². The van der Waals surface area contributed by atoms with Crippen molar-refractivity contribution < 1.29 is 19.2 Å². The Bertz CT molecular complexity index is 1520. The first-order valence-corrected chi connectivity index (χ1v) is 15.6. The normalized spacial score (nSPS) is 15.9. The third-order valence-corrected chi connectivity index (χ3v) is 8.70. The van der Waals surface area contributed by atoms with Crippen LogP contribution in [0.2, 0.25) is 10.0 Å². The number of piperidine rings is 1. The molecule has 0 atom stereocenters. The number of hydrogen-bond donors (Lipinski definition) is 4. The molecule has 1 saturated heterocycles. The Morgan fingerprint density at radius 1 is 0.705 bits per heavy atom. The summed E-state index contributed by atoms with van der Waals surface area (Å²) >= 11 is 12.7. The average Bonchev–Trinajstić information content (AvgIpc) is 3.53. The van der Waals surface area contributed by atoms with Gasteiger partial charge in [-0.05, 0) is 87.3 Å². The number of hydrogen-bond acceptors (Lipinski definition) is 5. The molecule has 3 aromatic carbocycles. The van der Waals surface area contributed by atoms with Crippen LogP contribution < -0.4 is 21.3 Å². The first-order chi connectivity index (χ1) is 21.2. The lowest BCUT2D eigenvalue weighted by Crippen LogP contribution is -2.41. The van der Waals surface area contributed by atoms with Crippen molar-refractivity contribution in [2.45, 2.75) is 44.6 Å². The standard InChI is InChI=1S/C33H35Cl2N5O4/c34-26-12-10-22(32(43)37-25-8-4-5-9-25)18-28(26)38-30(41)20-40-16-14-21(15-17-40)31(42)39-29-19-23(11-13-27(29)35)33(44)36-24-6-2-1-3-7-24/h1-3,6-7,10-13,18-19,21,25H,4-5,8-9,14-17,20H2,(H,36,44)(H,37,43)(H,38,41)(H,39,42). The number of benzene rings is 3. The summed E-state index contributed by atoms with van der Waals surface area (Å²) in [4.78, 5) is 53.3. The maximum atomic E-state index is 13.1. The molecule has 9 nitrogen and oxygen atoms in total. The van der Waals surface area contributed by atoms with Crippen molar-refractivity contribution >= 4 is 63.9 Å². The molecule has 0 aromatic heterocycles. The van der Waals surface area contributed by atoms with E-state index in [0.717, 1.165) is 25.7 Å². The van der Waals surface area contributed by atoms with E-state index in [1.807, 2.05) is 23.1 Å². The van der Waals surface area contributed by atoms with Crippen molar-refractivity contribution in [3.63, 3.8) is 0 Å². The lowest BCUT2D eigenvalue weighted by atomic mass is 9.95. The molecular formula is C33H35Cl2N5O4. The van der Waals surface area contributed by atoms with Crippen molar-refractivity contribution in [3.05, 3.63) is 87.9 Å². The van der Waals surface area contributed by atoms with Gasteiger partial charge in [-0.1, -0.05) is 54.2 Å². The zero-order valence-corrected chi connectivity index (χ0v) is 25.7. The number of anilines is 3.